The molecule has 76 valence electrons. The molecule has 0 aliphatic carbocycles. The van der Waals surface area contributed by atoms with Crippen LogP contribution in [0.1, 0.15) is 17.4 Å². The van der Waals surface area contributed by atoms with E-state index in [1.165, 1.54) is 0 Å². The molecule has 0 radical (unpaired) electrons. The Morgan fingerprint density at radius 3 is 3.21 bits per heavy atom. The molecule has 0 aromatic carbocycles. The summed E-state index contributed by atoms with van der Waals surface area (Å²) >= 11 is 0. The lowest BCUT2D eigenvalue weighted by atomic mass is 10.2. The second-order valence-corrected chi connectivity index (χ2v) is 3.52. The molecule has 0 unspecified atom stereocenters. The Morgan fingerprint density at radius 2 is 2.57 bits per heavy atom. The van der Waals surface area contributed by atoms with E-state index in [0.717, 1.165) is 19.6 Å². The molecule has 1 saturated heterocycles. The van der Waals surface area contributed by atoms with Gasteiger partial charge >= 0.3 is 0 Å². The van der Waals surface area contributed by atoms with Crippen LogP contribution in [-0.4, -0.2) is 46.7 Å². The maximum absolute atomic E-state index is 11.9. The zero-order valence-corrected chi connectivity index (χ0v) is 8.16. The fraction of sp³-hybridized carbons (Fsp3) is 0.556. The third-order valence-corrected chi connectivity index (χ3v) is 2.49. The Morgan fingerprint density at radius 1 is 1.71 bits per heavy atom. The molecule has 14 heavy (non-hydrogen) atoms. The maximum Gasteiger partial charge on any atom is 0.272 e. The van der Waals surface area contributed by atoms with Gasteiger partial charge in [0.1, 0.15) is 5.69 Å². The number of H-pyrrole nitrogens is 1. The molecule has 1 amide bonds. The first-order valence-electron chi connectivity index (χ1n) is 4.80. The number of piperazine rings is 1. The average Bonchev–Trinajstić information content (AvgIpc) is 2.70. The minimum absolute atomic E-state index is 0.0384. The van der Waals surface area contributed by atoms with Crippen molar-refractivity contribution in [1.29, 1.82) is 0 Å². The monoisotopic (exact) mass is 194 g/mol. The Hall–Kier alpha value is -1.36. The summed E-state index contributed by atoms with van der Waals surface area (Å²) in [4.78, 5) is 13.8. The van der Waals surface area contributed by atoms with Crippen molar-refractivity contribution in [3.05, 3.63) is 18.0 Å². The molecule has 0 saturated carbocycles. The average molecular weight is 194 g/mol. The van der Waals surface area contributed by atoms with Crippen LogP contribution in [-0.2, 0) is 0 Å². The van der Waals surface area contributed by atoms with Gasteiger partial charge in [0.05, 0.1) is 0 Å². The molecule has 5 heteroatoms. The SMILES string of the molecule is C[C@@H]1CNCCN1C(=O)c1ccn[nH]1. The highest BCUT2D eigenvalue weighted by molar-refractivity contribution is 5.92. The van der Waals surface area contributed by atoms with E-state index in [4.69, 9.17) is 0 Å². The van der Waals surface area contributed by atoms with E-state index in [0.29, 0.717) is 5.69 Å². The quantitative estimate of drug-likeness (QED) is 0.653. The first kappa shape index (κ1) is 9.21. The second-order valence-electron chi connectivity index (χ2n) is 3.52. The third kappa shape index (κ3) is 1.63. The molecule has 1 aliphatic heterocycles. The van der Waals surface area contributed by atoms with E-state index in [2.05, 4.69) is 15.5 Å². The molecule has 2 rings (SSSR count). The van der Waals surface area contributed by atoms with Crippen LogP contribution < -0.4 is 5.32 Å². The summed E-state index contributed by atoms with van der Waals surface area (Å²) in [6.07, 6.45) is 1.60. The molecule has 1 aliphatic rings. The molecular weight excluding hydrogens is 180 g/mol. The smallest absolute Gasteiger partial charge is 0.272 e. The first-order valence-corrected chi connectivity index (χ1v) is 4.80. The number of hydrogen-bond acceptors (Lipinski definition) is 3. The van der Waals surface area contributed by atoms with Gasteiger partial charge in [0.15, 0.2) is 0 Å². The van der Waals surface area contributed by atoms with Crippen LogP contribution >= 0.6 is 0 Å². The van der Waals surface area contributed by atoms with Crippen molar-refractivity contribution in [2.75, 3.05) is 19.6 Å². The summed E-state index contributed by atoms with van der Waals surface area (Å²) in [5.74, 6) is 0.0384. The van der Waals surface area contributed by atoms with Crippen LogP contribution in [0.4, 0.5) is 0 Å². The van der Waals surface area contributed by atoms with Crippen LogP contribution in [0.3, 0.4) is 0 Å². The highest BCUT2D eigenvalue weighted by atomic mass is 16.2. The number of nitrogens with zero attached hydrogens (tertiary/aromatic N) is 2. The Kier molecular flexibility index (Phi) is 2.49. The standard InChI is InChI=1S/C9H14N4O/c1-7-6-10-4-5-13(7)9(14)8-2-3-11-12-8/h2-3,7,10H,4-6H2,1H3,(H,11,12)/t7-/m1/s1. The van der Waals surface area contributed by atoms with Gasteiger partial charge in [0.25, 0.3) is 5.91 Å². The predicted octanol–water partition coefficient (Wildman–Crippen LogP) is -0.156. The molecule has 2 N–H and O–H groups in total. The molecular formula is C9H14N4O. The van der Waals surface area contributed by atoms with E-state index in [-0.39, 0.29) is 11.9 Å². The Balaban J connectivity index is 2.10. The molecule has 1 atom stereocenters. The largest absolute Gasteiger partial charge is 0.332 e. The highest BCUT2D eigenvalue weighted by Crippen LogP contribution is 2.07. The summed E-state index contributed by atoms with van der Waals surface area (Å²) in [7, 11) is 0. The van der Waals surface area contributed by atoms with Crippen LogP contribution in [0.25, 0.3) is 0 Å². The van der Waals surface area contributed by atoms with Crippen molar-refractivity contribution in [2.24, 2.45) is 0 Å². The number of hydrogen-bond donors (Lipinski definition) is 2. The van der Waals surface area contributed by atoms with Gasteiger partial charge in [-0.05, 0) is 13.0 Å². The number of aromatic nitrogens is 2. The van der Waals surface area contributed by atoms with Gasteiger partial charge in [-0.25, -0.2) is 0 Å². The van der Waals surface area contributed by atoms with E-state index in [1.54, 1.807) is 12.3 Å². The van der Waals surface area contributed by atoms with E-state index in [1.807, 2.05) is 11.8 Å². The number of carbonyl (C=O) groups is 1. The topological polar surface area (TPSA) is 61.0 Å². The van der Waals surface area contributed by atoms with Gasteiger partial charge in [-0.1, -0.05) is 0 Å². The normalized spacial score (nSPS) is 22.4. The highest BCUT2D eigenvalue weighted by Gasteiger charge is 2.24. The van der Waals surface area contributed by atoms with Crippen molar-refractivity contribution >= 4 is 5.91 Å². The molecule has 0 bridgehead atoms. The van der Waals surface area contributed by atoms with Gasteiger partial charge in [0.2, 0.25) is 0 Å². The lowest BCUT2D eigenvalue weighted by molar-refractivity contribution is 0.0649. The Bertz CT molecular complexity index is 309. The van der Waals surface area contributed by atoms with Crippen molar-refractivity contribution in [3.8, 4) is 0 Å². The first-order chi connectivity index (χ1) is 6.79. The van der Waals surface area contributed by atoms with Gasteiger partial charge in [0, 0.05) is 31.9 Å². The summed E-state index contributed by atoms with van der Waals surface area (Å²) in [5.41, 5.74) is 0.568. The van der Waals surface area contributed by atoms with Crippen LogP contribution in [0.2, 0.25) is 0 Å². The number of amides is 1. The van der Waals surface area contributed by atoms with Crippen LogP contribution in [0.15, 0.2) is 12.3 Å². The number of carbonyl (C=O) groups excluding carboxylic acids is 1. The maximum atomic E-state index is 11.9. The fourth-order valence-corrected chi connectivity index (χ4v) is 1.67. The van der Waals surface area contributed by atoms with E-state index < -0.39 is 0 Å². The van der Waals surface area contributed by atoms with Gasteiger partial charge < -0.3 is 10.2 Å². The lowest BCUT2D eigenvalue weighted by Gasteiger charge is -2.33. The fourth-order valence-electron chi connectivity index (χ4n) is 1.67. The van der Waals surface area contributed by atoms with E-state index in [9.17, 15) is 4.79 Å². The summed E-state index contributed by atoms with van der Waals surface area (Å²) in [6, 6.07) is 1.96. The van der Waals surface area contributed by atoms with Gasteiger partial charge in [-0.2, -0.15) is 5.10 Å². The van der Waals surface area contributed by atoms with E-state index >= 15 is 0 Å². The molecule has 1 fully saturated rings. The van der Waals surface area contributed by atoms with Crippen molar-refractivity contribution < 1.29 is 4.79 Å². The minimum atomic E-state index is 0.0384. The van der Waals surface area contributed by atoms with Gasteiger partial charge in [-0.15, -0.1) is 0 Å². The zero-order valence-electron chi connectivity index (χ0n) is 8.16. The van der Waals surface area contributed by atoms with Crippen LogP contribution in [0, 0.1) is 0 Å². The summed E-state index contributed by atoms with van der Waals surface area (Å²) in [5, 5.41) is 9.71. The van der Waals surface area contributed by atoms with Gasteiger partial charge in [-0.3, -0.25) is 9.89 Å². The molecule has 0 spiro atoms. The van der Waals surface area contributed by atoms with Crippen molar-refractivity contribution in [2.45, 2.75) is 13.0 Å². The summed E-state index contributed by atoms with van der Waals surface area (Å²) < 4.78 is 0. The lowest BCUT2D eigenvalue weighted by Crippen LogP contribution is -2.52. The van der Waals surface area contributed by atoms with Crippen molar-refractivity contribution in [3.63, 3.8) is 0 Å². The second kappa shape index (κ2) is 3.79. The molecule has 1 aromatic rings. The number of aromatic amines is 1. The number of nitrogens with one attached hydrogen (secondary N) is 2. The Labute approximate surface area is 82.5 Å². The zero-order chi connectivity index (χ0) is 9.97. The summed E-state index contributed by atoms with van der Waals surface area (Å²) in [6.45, 7) is 4.53. The molecule has 1 aromatic heterocycles. The minimum Gasteiger partial charge on any atom is -0.332 e. The van der Waals surface area contributed by atoms with Crippen molar-refractivity contribution in [1.82, 2.24) is 20.4 Å². The third-order valence-electron chi connectivity index (χ3n) is 2.49. The molecule has 2 heterocycles. The molecule has 5 nitrogen and oxygen atoms in total. The number of rotatable bonds is 1. The predicted molar refractivity (Wildman–Crippen MR) is 52.0 cm³/mol. The van der Waals surface area contributed by atoms with Crippen LogP contribution in [0.5, 0.6) is 0 Å².